The van der Waals surface area contributed by atoms with Gasteiger partial charge in [-0.15, -0.1) is 0 Å². The summed E-state index contributed by atoms with van der Waals surface area (Å²) in [6.07, 6.45) is 1.24. The highest BCUT2D eigenvalue weighted by Gasteiger charge is 2.10. The van der Waals surface area contributed by atoms with E-state index in [1.54, 1.807) is 7.11 Å². The van der Waals surface area contributed by atoms with E-state index in [1.165, 1.54) is 0 Å². The molecule has 0 atom stereocenters. The Balaban J connectivity index is 2.42. The molecule has 0 saturated carbocycles. The van der Waals surface area contributed by atoms with Crippen molar-refractivity contribution in [2.75, 3.05) is 7.11 Å². The molecular weight excluding hydrogens is 238 g/mol. The van der Waals surface area contributed by atoms with E-state index in [9.17, 15) is 0 Å². The highest BCUT2D eigenvalue weighted by molar-refractivity contribution is 5.59. The lowest BCUT2D eigenvalue weighted by atomic mass is 10.1. The van der Waals surface area contributed by atoms with Crippen LogP contribution in [0.25, 0.3) is 11.4 Å². The van der Waals surface area contributed by atoms with Gasteiger partial charge < -0.3 is 9.72 Å². The van der Waals surface area contributed by atoms with Crippen LogP contribution in [0.15, 0.2) is 18.2 Å². The number of aryl methyl sites for hydroxylation is 2. The van der Waals surface area contributed by atoms with Crippen LogP contribution in [0, 0.1) is 18.3 Å². The maximum absolute atomic E-state index is 8.75. The molecule has 0 aliphatic carbocycles. The van der Waals surface area contributed by atoms with E-state index in [0.717, 1.165) is 40.5 Å². The second-order valence-electron chi connectivity index (χ2n) is 4.37. The van der Waals surface area contributed by atoms with Crippen LogP contribution >= 0.6 is 0 Å². The number of nitrogens with zero attached hydrogens (tertiary/aromatic N) is 2. The lowest BCUT2D eigenvalue weighted by Crippen LogP contribution is -1.92. The molecule has 1 aromatic carbocycles. The van der Waals surface area contributed by atoms with Gasteiger partial charge in [-0.2, -0.15) is 5.26 Å². The third-order valence-corrected chi connectivity index (χ3v) is 3.17. The van der Waals surface area contributed by atoms with Crippen LogP contribution in [0.1, 0.15) is 23.9 Å². The molecule has 19 heavy (non-hydrogen) atoms. The maximum atomic E-state index is 8.75. The Morgan fingerprint density at radius 3 is 2.84 bits per heavy atom. The number of rotatable bonds is 4. The van der Waals surface area contributed by atoms with Crippen molar-refractivity contribution in [2.45, 2.75) is 26.7 Å². The Bertz CT molecular complexity index is 623. The van der Waals surface area contributed by atoms with Crippen molar-refractivity contribution in [2.24, 2.45) is 0 Å². The monoisotopic (exact) mass is 255 g/mol. The average molecular weight is 255 g/mol. The van der Waals surface area contributed by atoms with Crippen molar-refractivity contribution in [1.82, 2.24) is 9.97 Å². The molecular formula is C15H17N3O. The second kappa shape index (κ2) is 5.57. The summed E-state index contributed by atoms with van der Waals surface area (Å²) < 4.78 is 5.32. The summed E-state index contributed by atoms with van der Waals surface area (Å²) in [5.74, 6) is 1.70. The summed E-state index contributed by atoms with van der Waals surface area (Å²) in [5.41, 5.74) is 3.93. The minimum Gasteiger partial charge on any atom is -0.496 e. The maximum Gasteiger partial charge on any atom is 0.137 e. The number of nitrogens with one attached hydrogen (secondary N) is 1. The largest absolute Gasteiger partial charge is 0.496 e. The van der Waals surface area contributed by atoms with Crippen molar-refractivity contribution in [3.8, 4) is 23.2 Å². The van der Waals surface area contributed by atoms with Gasteiger partial charge >= 0.3 is 0 Å². The van der Waals surface area contributed by atoms with Crippen LogP contribution in [0.4, 0.5) is 0 Å². The molecule has 0 radical (unpaired) electrons. The number of hydrogen-bond donors (Lipinski definition) is 1. The number of hydrogen-bond acceptors (Lipinski definition) is 3. The standard InChI is InChI=1S/C15H17N3O/c1-4-11-9-12(5-6-14(11)19-3)15-17-10(2)13(18-15)7-8-16/h5-6,9H,4,7H2,1-3H3,(H,17,18). The van der Waals surface area contributed by atoms with Gasteiger partial charge in [0.1, 0.15) is 11.6 Å². The van der Waals surface area contributed by atoms with Gasteiger partial charge in [0.2, 0.25) is 0 Å². The molecule has 98 valence electrons. The second-order valence-corrected chi connectivity index (χ2v) is 4.37. The first kappa shape index (κ1) is 13.2. The van der Waals surface area contributed by atoms with Crippen LogP contribution in [0.2, 0.25) is 0 Å². The summed E-state index contributed by atoms with van der Waals surface area (Å²) in [6, 6.07) is 8.14. The number of imidazole rings is 1. The summed E-state index contributed by atoms with van der Waals surface area (Å²) >= 11 is 0. The van der Waals surface area contributed by atoms with Gasteiger partial charge in [-0.05, 0) is 37.1 Å². The summed E-state index contributed by atoms with van der Waals surface area (Å²) in [5, 5.41) is 8.75. The Labute approximate surface area is 113 Å². The van der Waals surface area contributed by atoms with Gasteiger partial charge in [0.25, 0.3) is 0 Å². The molecule has 4 nitrogen and oxygen atoms in total. The average Bonchev–Trinajstić information content (AvgIpc) is 2.80. The normalized spacial score (nSPS) is 10.2. The fraction of sp³-hybridized carbons (Fsp3) is 0.333. The molecule has 0 aliphatic rings. The molecule has 0 fully saturated rings. The first-order chi connectivity index (χ1) is 9.19. The van der Waals surface area contributed by atoms with Crippen molar-refractivity contribution < 1.29 is 4.74 Å². The predicted octanol–water partition coefficient (Wildman–Crippen LogP) is 3.02. The van der Waals surface area contributed by atoms with Gasteiger partial charge in [-0.25, -0.2) is 4.98 Å². The molecule has 1 N–H and O–H groups in total. The molecule has 1 heterocycles. The Kier molecular flexibility index (Phi) is 3.86. The fourth-order valence-electron chi connectivity index (χ4n) is 2.08. The number of nitriles is 1. The van der Waals surface area contributed by atoms with Gasteiger partial charge in [-0.1, -0.05) is 6.92 Å². The number of H-pyrrole nitrogens is 1. The van der Waals surface area contributed by atoms with E-state index in [4.69, 9.17) is 10.00 Å². The van der Waals surface area contributed by atoms with Crippen LogP contribution in [-0.2, 0) is 12.8 Å². The van der Waals surface area contributed by atoms with Gasteiger partial charge in [0.05, 0.1) is 25.3 Å². The van der Waals surface area contributed by atoms with E-state index in [1.807, 2.05) is 19.1 Å². The van der Waals surface area contributed by atoms with Crippen molar-refractivity contribution in [3.05, 3.63) is 35.2 Å². The SMILES string of the molecule is CCc1cc(-c2nc(CC#N)c(C)[nH]2)ccc1OC. The zero-order chi connectivity index (χ0) is 13.8. The molecule has 0 amide bonds. The zero-order valence-corrected chi connectivity index (χ0v) is 11.4. The van der Waals surface area contributed by atoms with Crippen LogP contribution in [-0.4, -0.2) is 17.1 Å². The molecule has 2 rings (SSSR count). The van der Waals surface area contributed by atoms with Crippen molar-refractivity contribution >= 4 is 0 Å². The van der Waals surface area contributed by atoms with E-state index in [2.05, 4.69) is 29.0 Å². The molecule has 4 heteroatoms. The van der Waals surface area contributed by atoms with Crippen molar-refractivity contribution in [1.29, 1.82) is 5.26 Å². The minimum absolute atomic E-state index is 0.332. The Morgan fingerprint density at radius 2 is 2.21 bits per heavy atom. The predicted molar refractivity (Wildman–Crippen MR) is 74.0 cm³/mol. The number of aromatic amines is 1. The van der Waals surface area contributed by atoms with E-state index in [0.29, 0.717) is 6.42 Å². The summed E-state index contributed by atoms with van der Waals surface area (Å²) in [6.45, 7) is 4.03. The number of methoxy groups -OCH3 is 1. The van der Waals surface area contributed by atoms with E-state index in [-0.39, 0.29) is 0 Å². The van der Waals surface area contributed by atoms with Gasteiger partial charge in [0.15, 0.2) is 0 Å². The highest BCUT2D eigenvalue weighted by atomic mass is 16.5. The zero-order valence-electron chi connectivity index (χ0n) is 11.4. The van der Waals surface area contributed by atoms with E-state index < -0.39 is 0 Å². The van der Waals surface area contributed by atoms with E-state index >= 15 is 0 Å². The quantitative estimate of drug-likeness (QED) is 0.913. The third kappa shape index (κ3) is 2.60. The molecule has 0 unspecified atom stereocenters. The molecule has 1 aromatic heterocycles. The lowest BCUT2D eigenvalue weighted by Gasteiger charge is -2.07. The number of benzene rings is 1. The molecule has 0 aliphatic heterocycles. The smallest absolute Gasteiger partial charge is 0.137 e. The first-order valence-corrected chi connectivity index (χ1v) is 6.29. The number of ether oxygens (including phenoxy) is 1. The van der Waals surface area contributed by atoms with Gasteiger partial charge in [-0.3, -0.25) is 0 Å². The molecule has 0 spiro atoms. The first-order valence-electron chi connectivity index (χ1n) is 6.29. The Morgan fingerprint density at radius 1 is 1.42 bits per heavy atom. The Hall–Kier alpha value is -2.28. The third-order valence-electron chi connectivity index (χ3n) is 3.17. The highest BCUT2D eigenvalue weighted by Crippen LogP contribution is 2.26. The molecule has 0 bridgehead atoms. The van der Waals surface area contributed by atoms with Crippen molar-refractivity contribution in [3.63, 3.8) is 0 Å². The van der Waals surface area contributed by atoms with Gasteiger partial charge in [0, 0.05) is 11.3 Å². The van der Waals surface area contributed by atoms with Crippen LogP contribution in [0.3, 0.4) is 0 Å². The summed E-state index contributed by atoms with van der Waals surface area (Å²) in [4.78, 5) is 7.71. The fourth-order valence-corrected chi connectivity index (χ4v) is 2.08. The van der Waals surface area contributed by atoms with Crippen LogP contribution < -0.4 is 4.74 Å². The minimum atomic E-state index is 0.332. The number of aromatic nitrogens is 2. The van der Waals surface area contributed by atoms with Crippen LogP contribution in [0.5, 0.6) is 5.75 Å². The molecule has 2 aromatic rings. The lowest BCUT2D eigenvalue weighted by molar-refractivity contribution is 0.410. The molecule has 0 saturated heterocycles. The summed E-state index contributed by atoms with van der Waals surface area (Å²) in [7, 11) is 1.68. The topological polar surface area (TPSA) is 61.7 Å².